The van der Waals surface area contributed by atoms with Gasteiger partial charge in [-0.15, -0.1) is 0 Å². The summed E-state index contributed by atoms with van der Waals surface area (Å²) in [6.07, 6.45) is 2.09. The number of thioether (sulfide) groups is 1. The monoisotopic (exact) mass is 254 g/mol. The molecule has 0 saturated heterocycles. The van der Waals surface area contributed by atoms with Gasteiger partial charge in [-0.3, -0.25) is 0 Å². The van der Waals surface area contributed by atoms with Crippen LogP contribution in [-0.4, -0.2) is 25.1 Å². The van der Waals surface area contributed by atoms with Crippen molar-refractivity contribution >= 4 is 29.1 Å². The molecule has 0 aliphatic carbocycles. The lowest BCUT2D eigenvalue weighted by atomic mass is 10.2. The summed E-state index contributed by atoms with van der Waals surface area (Å²) in [6, 6.07) is 7.90. The van der Waals surface area contributed by atoms with Crippen LogP contribution < -0.4 is 4.90 Å². The van der Waals surface area contributed by atoms with Gasteiger partial charge in [0.25, 0.3) is 0 Å². The van der Waals surface area contributed by atoms with Crippen LogP contribution in [0.3, 0.4) is 0 Å². The van der Waals surface area contributed by atoms with Crippen molar-refractivity contribution in [2.45, 2.75) is 13.0 Å². The van der Waals surface area contributed by atoms with Gasteiger partial charge in [-0.05, 0) is 31.4 Å². The zero-order valence-corrected chi connectivity index (χ0v) is 11.3. The molecular formula is C12H15ClN2S. The molecule has 4 heteroatoms. The molecule has 16 heavy (non-hydrogen) atoms. The predicted octanol–water partition coefficient (Wildman–Crippen LogP) is 3.40. The van der Waals surface area contributed by atoms with Gasteiger partial charge in [0, 0.05) is 18.8 Å². The van der Waals surface area contributed by atoms with Gasteiger partial charge in [-0.1, -0.05) is 11.6 Å². The third kappa shape index (κ3) is 3.07. The van der Waals surface area contributed by atoms with Crippen molar-refractivity contribution in [3.8, 4) is 6.07 Å². The van der Waals surface area contributed by atoms with Crippen LogP contribution in [0.5, 0.6) is 0 Å². The number of nitriles is 1. The van der Waals surface area contributed by atoms with E-state index in [4.69, 9.17) is 16.9 Å². The highest BCUT2D eigenvalue weighted by Gasteiger charge is 2.12. The Morgan fingerprint density at radius 3 is 2.75 bits per heavy atom. The molecule has 0 aromatic heterocycles. The van der Waals surface area contributed by atoms with E-state index in [1.165, 1.54) is 0 Å². The van der Waals surface area contributed by atoms with E-state index in [1.807, 2.05) is 24.9 Å². The van der Waals surface area contributed by atoms with E-state index in [9.17, 15) is 0 Å². The molecule has 1 aromatic carbocycles. The summed E-state index contributed by atoms with van der Waals surface area (Å²) in [6.45, 7) is 2.16. The first-order valence-corrected chi connectivity index (χ1v) is 6.78. The number of halogens is 1. The summed E-state index contributed by atoms with van der Waals surface area (Å²) in [4.78, 5) is 2.14. The van der Waals surface area contributed by atoms with Gasteiger partial charge < -0.3 is 4.90 Å². The highest BCUT2D eigenvalue weighted by molar-refractivity contribution is 7.98. The topological polar surface area (TPSA) is 27.0 Å². The molecule has 1 atom stereocenters. The van der Waals surface area contributed by atoms with Crippen LogP contribution in [0.25, 0.3) is 0 Å². The maximum atomic E-state index is 8.76. The van der Waals surface area contributed by atoms with Gasteiger partial charge in [0.05, 0.1) is 22.3 Å². The van der Waals surface area contributed by atoms with E-state index in [2.05, 4.69) is 24.1 Å². The Hall–Kier alpha value is -0.850. The number of hydrogen-bond acceptors (Lipinski definition) is 3. The summed E-state index contributed by atoms with van der Waals surface area (Å²) in [5.74, 6) is 1.05. The van der Waals surface area contributed by atoms with Crippen LogP contribution in [0.1, 0.15) is 12.5 Å². The van der Waals surface area contributed by atoms with E-state index >= 15 is 0 Å². The van der Waals surface area contributed by atoms with Gasteiger partial charge in [0.1, 0.15) is 0 Å². The quantitative estimate of drug-likeness (QED) is 0.824. The molecule has 1 rings (SSSR count). The maximum absolute atomic E-state index is 8.76. The Kier molecular flexibility index (Phi) is 4.98. The van der Waals surface area contributed by atoms with Gasteiger partial charge in [0.15, 0.2) is 0 Å². The van der Waals surface area contributed by atoms with Crippen molar-refractivity contribution in [2.75, 3.05) is 24.0 Å². The molecule has 0 fully saturated rings. The highest BCUT2D eigenvalue weighted by Crippen LogP contribution is 2.27. The van der Waals surface area contributed by atoms with Crippen LogP contribution in [0.15, 0.2) is 18.2 Å². The first kappa shape index (κ1) is 13.2. The molecule has 0 heterocycles. The Labute approximate surface area is 106 Å². The number of rotatable bonds is 4. The lowest BCUT2D eigenvalue weighted by molar-refractivity contribution is 0.765. The molecule has 0 saturated carbocycles. The van der Waals surface area contributed by atoms with Gasteiger partial charge in [0.2, 0.25) is 0 Å². The zero-order chi connectivity index (χ0) is 12.1. The summed E-state index contributed by atoms with van der Waals surface area (Å²) in [5, 5.41) is 9.39. The van der Waals surface area contributed by atoms with E-state index in [-0.39, 0.29) is 0 Å². The number of anilines is 1. The van der Waals surface area contributed by atoms with Gasteiger partial charge in [-0.2, -0.15) is 17.0 Å². The standard InChI is InChI=1S/C12H15ClN2S/c1-9(8-16-3)15(2)12-5-4-10(7-14)6-11(12)13/h4-6,9H,8H2,1-3H3. The SMILES string of the molecule is CSCC(C)N(C)c1ccc(C#N)cc1Cl. The second-order valence-corrected chi connectivity index (χ2v) is 5.01. The third-order valence-corrected chi connectivity index (χ3v) is 3.64. The summed E-state index contributed by atoms with van der Waals surface area (Å²) in [7, 11) is 2.02. The fraction of sp³-hybridized carbons (Fsp3) is 0.417. The van der Waals surface area contributed by atoms with Crippen molar-refractivity contribution in [2.24, 2.45) is 0 Å². The average molecular weight is 255 g/mol. The van der Waals surface area contributed by atoms with Gasteiger partial charge in [-0.25, -0.2) is 0 Å². The molecule has 86 valence electrons. The summed E-state index contributed by atoms with van der Waals surface area (Å²) in [5.41, 5.74) is 1.57. The van der Waals surface area contributed by atoms with Crippen LogP contribution in [0, 0.1) is 11.3 Å². The van der Waals surface area contributed by atoms with Crippen molar-refractivity contribution in [1.82, 2.24) is 0 Å². The average Bonchev–Trinajstić information content (AvgIpc) is 2.28. The Morgan fingerprint density at radius 1 is 1.56 bits per heavy atom. The maximum Gasteiger partial charge on any atom is 0.0992 e. The van der Waals surface area contributed by atoms with Crippen LogP contribution in [0.4, 0.5) is 5.69 Å². The Balaban J connectivity index is 2.92. The normalized spacial score (nSPS) is 11.9. The fourth-order valence-electron chi connectivity index (χ4n) is 1.45. The van der Waals surface area contributed by atoms with E-state index < -0.39 is 0 Å². The molecule has 0 bridgehead atoms. The minimum atomic E-state index is 0.417. The predicted molar refractivity (Wildman–Crippen MR) is 72.4 cm³/mol. The van der Waals surface area contributed by atoms with E-state index in [0.29, 0.717) is 16.6 Å². The fourth-order valence-corrected chi connectivity index (χ4v) is 2.47. The molecule has 0 spiro atoms. The molecule has 0 N–H and O–H groups in total. The van der Waals surface area contributed by atoms with Crippen molar-refractivity contribution in [3.05, 3.63) is 28.8 Å². The van der Waals surface area contributed by atoms with E-state index in [0.717, 1.165) is 11.4 Å². The third-order valence-electron chi connectivity index (χ3n) is 2.53. The molecule has 1 unspecified atom stereocenters. The largest absolute Gasteiger partial charge is 0.370 e. The molecule has 0 amide bonds. The Bertz CT molecular complexity index is 400. The van der Waals surface area contributed by atoms with Crippen LogP contribution >= 0.6 is 23.4 Å². The first-order chi connectivity index (χ1) is 7.60. The molecule has 0 aliphatic rings. The van der Waals surface area contributed by atoms with Crippen LogP contribution in [-0.2, 0) is 0 Å². The zero-order valence-electron chi connectivity index (χ0n) is 9.70. The van der Waals surface area contributed by atoms with Crippen molar-refractivity contribution in [3.63, 3.8) is 0 Å². The molecule has 1 aromatic rings. The molecule has 0 aliphatic heterocycles. The molecule has 0 radical (unpaired) electrons. The minimum Gasteiger partial charge on any atom is -0.370 e. The summed E-state index contributed by atoms with van der Waals surface area (Å²) < 4.78 is 0. The van der Waals surface area contributed by atoms with Gasteiger partial charge >= 0.3 is 0 Å². The summed E-state index contributed by atoms with van der Waals surface area (Å²) >= 11 is 7.96. The van der Waals surface area contributed by atoms with Crippen LogP contribution in [0.2, 0.25) is 5.02 Å². The first-order valence-electron chi connectivity index (χ1n) is 5.01. The Morgan fingerprint density at radius 2 is 2.25 bits per heavy atom. The second kappa shape index (κ2) is 6.03. The number of nitrogens with zero attached hydrogens (tertiary/aromatic N) is 2. The van der Waals surface area contributed by atoms with Crippen molar-refractivity contribution < 1.29 is 0 Å². The smallest absolute Gasteiger partial charge is 0.0992 e. The minimum absolute atomic E-state index is 0.417. The number of benzene rings is 1. The molecule has 2 nitrogen and oxygen atoms in total. The second-order valence-electron chi connectivity index (χ2n) is 3.69. The van der Waals surface area contributed by atoms with E-state index in [1.54, 1.807) is 12.1 Å². The highest BCUT2D eigenvalue weighted by atomic mass is 35.5. The molecular weight excluding hydrogens is 240 g/mol. The number of hydrogen-bond donors (Lipinski definition) is 0. The van der Waals surface area contributed by atoms with Crippen molar-refractivity contribution in [1.29, 1.82) is 5.26 Å². The lowest BCUT2D eigenvalue weighted by Gasteiger charge is -2.27. The lowest BCUT2D eigenvalue weighted by Crippen LogP contribution is -2.30.